The normalized spacial score (nSPS) is 10.9. The Hall–Kier alpha value is -1.53. The van der Waals surface area contributed by atoms with E-state index in [1.807, 2.05) is 0 Å². The molecule has 2 aromatic rings. The Morgan fingerprint density at radius 2 is 2.10 bits per heavy atom. The van der Waals surface area contributed by atoms with Gasteiger partial charge < -0.3 is 9.63 Å². The topological polar surface area (TPSA) is 63.3 Å². The number of Topliss-reactive ketones (excluding diaryl/α,β-unsaturated/α-hetero) is 1. The van der Waals surface area contributed by atoms with Gasteiger partial charge >= 0.3 is 0 Å². The third-order valence-electron chi connectivity index (χ3n) is 2.92. The number of aliphatic hydroxyl groups excluding tert-OH is 1. The fourth-order valence-electron chi connectivity index (χ4n) is 1.85. The van der Waals surface area contributed by atoms with Gasteiger partial charge in [-0.3, -0.25) is 4.79 Å². The van der Waals surface area contributed by atoms with E-state index in [0.29, 0.717) is 17.1 Å². The van der Waals surface area contributed by atoms with Gasteiger partial charge in [-0.05, 0) is 25.0 Å². The molecule has 6 heteroatoms. The molecule has 0 atom stereocenters. The second kappa shape index (κ2) is 7.31. The SMILES string of the molecule is O=C(CCCCCCO)c1cc(-c2ccc(F)s2)on1. The Labute approximate surface area is 120 Å². The summed E-state index contributed by atoms with van der Waals surface area (Å²) in [6, 6.07) is 4.51. The smallest absolute Gasteiger partial charge is 0.184 e. The first-order valence-electron chi connectivity index (χ1n) is 6.57. The van der Waals surface area contributed by atoms with Crippen LogP contribution >= 0.6 is 11.3 Å². The molecular formula is C14H16FNO3S. The van der Waals surface area contributed by atoms with Crippen molar-refractivity contribution >= 4 is 17.1 Å². The maximum absolute atomic E-state index is 12.9. The molecule has 4 nitrogen and oxygen atoms in total. The summed E-state index contributed by atoms with van der Waals surface area (Å²) in [5, 5.41) is 12.1. The van der Waals surface area contributed by atoms with E-state index >= 15 is 0 Å². The summed E-state index contributed by atoms with van der Waals surface area (Å²) >= 11 is 0.957. The lowest BCUT2D eigenvalue weighted by atomic mass is 10.1. The van der Waals surface area contributed by atoms with Crippen LogP contribution in [0.1, 0.15) is 42.6 Å². The van der Waals surface area contributed by atoms with Gasteiger partial charge in [-0.2, -0.15) is 4.39 Å². The predicted octanol–water partition coefficient (Wildman–Crippen LogP) is 3.67. The molecule has 0 bridgehead atoms. The predicted molar refractivity (Wildman–Crippen MR) is 74.3 cm³/mol. The van der Waals surface area contributed by atoms with Crippen LogP contribution in [0, 0.1) is 5.13 Å². The maximum atomic E-state index is 12.9. The van der Waals surface area contributed by atoms with Crippen molar-refractivity contribution in [2.45, 2.75) is 32.1 Å². The molecular weight excluding hydrogens is 281 g/mol. The van der Waals surface area contributed by atoms with Crippen LogP contribution in [0.3, 0.4) is 0 Å². The van der Waals surface area contributed by atoms with Gasteiger partial charge in [-0.15, -0.1) is 11.3 Å². The minimum Gasteiger partial charge on any atom is -0.396 e. The van der Waals surface area contributed by atoms with Crippen molar-refractivity contribution in [3.05, 3.63) is 29.0 Å². The third-order valence-corrected chi connectivity index (χ3v) is 3.81. The van der Waals surface area contributed by atoms with Gasteiger partial charge in [0.05, 0.1) is 4.88 Å². The van der Waals surface area contributed by atoms with Crippen molar-refractivity contribution in [1.29, 1.82) is 0 Å². The number of carbonyl (C=O) groups is 1. The van der Waals surface area contributed by atoms with E-state index in [2.05, 4.69) is 5.16 Å². The van der Waals surface area contributed by atoms with Gasteiger partial charge in [-0.25, -0.2) is 0 Å². The van der Waals surface area contributed by atoms with Crippen molar-refractivity contribution in [1.82, 2.24) is 5.16 Å². The van der Waals surface area contributed by atoms with E-state index in [1.54, 1.807) is 12.1 Å². The molecule has 108 valence electrons. The second-order valence-electron chi connectivity index (χ2n) is 4.49. The number of aliphatic hydroxyl groups is 1. The van der Waals surface area contributed by atoms with E-state index in [0.717, 1.165) is 37.0 Å². The van der Waals surface area contributed by atoms with E-state index in [1.165, 1.54) is 6.07 Å². The Morgan fingerprint density at radius 3 is 2.80 bits per heavy atom. The molecule has 0 aliphatic heterocycles. The van der Waals surface area contributed by atoms with Crippen molar-refractivity contribution in [3.63, 3.8) is 0 Å². The maximum Gasteiger partial charge on any atom is 0.184 e. The summed E-state index contributed by atoms with van der Waals surface area (Å²) in [6.45, 7) is 0.192. The van der Waals surface area contributed by atoms with Crippen molar-refractivity contribution < 1.29 is 18.8 Å². The van der Waals surface area contributed by atoms with Crippen LogP contribution in [0.4, 0.5) is 4.39 Å². The molecule has 1 N–H and O–H groups in total. The molecule has 0 amide bonds. The standard InChI is InChI=1S/C14H16FNO3S/c15-14-7-6-13(20-14)12-9-10(16-19-12)11(18)5-3-1-2-4-8-17/h6-7,9,17H,1-5,8H2. The molecule has 2 heterocycles. The zero-order valence-corrected chi connectivity index (χ0v) is 11.8. The molecule has 2 rings (SSSR count). The first kappa shape index (κ1) is 14.9. The van der Waals surface area contributed by atoms with Crippen LogP contribution in [-0.4, -0.2) is 22.7 Å². The lowest BCUT2D eigenvalue weighted by Gasteiger charge is -1.97. The lowest BCUT2D eigenvalue weighted by molar-refractivity contribution is 0.0970. The van der Waals surface area contributed by atoms with Crippen LogP contribution in [0.25, 0.3) is 10.6 Å². The molecule has 2 aromatic heterocycles. The molecule has 0 spiro atoms. The summed E-state index contributed by atoms with van der Waals surface area (Å²) in [6.07, 6.45) is 3.78. The number of aromatic nitrogens is 1. The van der Waals surface area contributed by atoms with Crippen molar-refractivity contribution in [2.75, 3.05) is 6.61 Å². The lowest BCUT2D eigenvalue weighted by Crippen LogP contribution is -1.99. The quantitative estimate of drug-likeness (QED) is 0.596. The molecule has 0 fully saturated rings. The summed E-state index contributed by atoms with van der Waals surface area (Å²) in [5.74, 6) is 0.351. The number of unbranched alkanes of at least 4 members (excludes halogenated alkanes) is 3. The summed E-state index contributed by atoms with van der Waals surface area (Å²) < 4.78 is 18.0. The first-order valence-corrected chi connectivity index (χ1v) is 7.39. The van der Waals surface area contributed by atoms with Crippen LogP contribution in [0.2, 0.25) is 0 Å². The number of hydrogen-bond acceptors (Lipinski definition) is 5. The van der Waals surface area contributed by atoms with Gasteiger partial charge in [0.1, 0.15) is 5.69 Å². The average Bonchev–Trinajstić information content (AvgIpc) is 3.06. The highest BCUT2D eigenvalue weighted by molar-refractivity contribution is 7.13. The Morgan fingerprint density at radius 1 is 1.30 bits per heavy atom. The number of rotatable bonds is 8. The number of thiophene rings is 1. The third kappa shape index (κ3) is 3.98. The summed E-state index contributed by atoms with van der Waals surface area (Å²) in [5.41, 5.74) is 0.288. The molecule has 0 radical (unpaired) electrons. The molecule has 0 aromatic carbocycles. The van der Waals surface area contributed by atoms with Crippen LogP contribution in [-0.2, 0) is 0 Å². The minimum atomic E-state index is -0.298. The number of halogens is 1. The van der Waals surface area contributed by atoms with Gasteiger partial charge in [0.25, 0.3) is 0 Å². The fraction of sp³-hybridized carbons (Fsp3) is 0.429. The summed E-state index contributed by atoms with van der Waals surface area (Å²) in [7, 11) is 0. The van der Waals surface area contributed by atoms with E-state index in [4.69, 9.17) is 9.63 Å². The Bertz CT molecular complexity index is 564. The number of hydrogen-bond donors (Lipinski definition) is 1. The highest BCUT2D eigenvalue weighted by Crippen LogP contribution is 2.28. The summed E-state index contributed by atoms with van der Waals surface area (Å²) in [4.78, 5) is 12.5. The van der Waals surface area contributed by atoms with Crippen molar-refractivity contribution in [3.8, 4) is 10.6 Å². The van der Waals surface area contributed by atoms with Gasteiger partial charge in [0.2, 0.25) is 0 Å². The molecule has 20 heavy (non-hydrogen) atoms. The van der Waals surface area contributed by atoms with Gasteiger partial charge in [-0.1, -0.05) is 18.0 Å². The number of nitrogens with zero attached hydrogens (tertiary/aromatic N) is 1. The monoisotopic (exact) mass is 297 g/mol. The zero-order valence-electron chi connectivity index (χ0n) is 11.0. The zero-order chi connectivity index (χ0) is 14.4. The fourth-order valence-corrected chi connectivity index (χ4v) is 2.53. The molecule has 0 aliphatic carbocycles. The van der Waals surface area contributed by atoms with E-state index < -0.39 is 0 Å². The number of carbonyl (C=O) groups excluding carboxylic acids is 1. The highest BCUT2D eigenvalue weighted by atomic mass is 32.1. The van der Waals surface area contributed by atoms with Crippen LogP contribution in [0.15, 0.2) is 22.7 Å². The second-order valence-corrected chi connectivity index (χ2v) is 5.53. The molecule has 0 aliphatic rings. The molecule has 0 saturated heterocycles. The highest BCUT2D eigenvalue weighted by Gasteiger charge is 2.14. The Kier molecular flexibility index (Phi) is 5.43. The van der Waals surface area contributed by atoms with E-state index in [9.17, 15) is 9.18 Å². The average molecular weight is 297 g/mol. The van der Waals surface area contributed by atoms with E-state index in [-0.39, 0.29) is 23.2 Å². The van der Waals surface area contributed by atoms with Crippen molar-refractivity contribution in [2.24, 2.45) is 0 Å². The molecule has 0 unspecified atom stereocenters. The Balaban J connectivity index is 1.87. The van der Waals surface area contributed by atoms with Gasteiger partial charge in [0.15, 0.2) is 16.7 Å². The largest absolute Gasteiger partial charge is 0.396 e. The van der Waals surface area contributed by atoms with Crippen LogP contribution in [0.5, 0.6) is 0 Å². The minimum absolute atomic E-state index is 0.0685. The molecule has 0 saturated carbocycles. The van der Waals surface area contributed by atoms with Crippen LogP contribution < -0.4 is 0 Å². The van der Waals surface area contributed by atoms with Gasteiger partial charge in [0, 0.05) is 19.1 Å². The number of ketones is 1. The first-order chi connectivity index (χ1) is 9.70.